The maximum atomic E-state index is 13.2. The molecule has 0 saturated heterocycles. The number of amides is 1. The molecule has 6 nitrogen and oxygen atoms in total. The predicted octanol–water partition coefficient (Wildman–Crippen LogP) is 4.50. The van der Waals surface area contributed by atoms with E-state index in [4.69, 9.17) is 0 Å². The molecule has 0 saturated carbocycles. The number of hydrogen-bond acceptors (Lipinski definition) is 4. The number of carbonyl (C=O) groups is 2. The highest BCUT2D eigenvalue weighted by Crippen LogP contribution is 2.18. The summed E-state index contributed by atoms with van der Waals surface area (Å²) in [5.74, 6) is -0.656. The Bertz CT molecular complexity index is 1450. The molecule has 4 rings (SSSR count). The molecule has 2 aromatic heterocycles. The lowest BCUT2D eigenvalue weighted by Crippen LogP contribution is -2.25. The van der Waals surface area contributed by atoms with E-state index in [2.05, 4.69) is 10.3 Å². The molecule has 1 amide bonds. The molecule has 0 aliphatic rings. The number of fused-ring (bicyclic) bond motifs is 1. The minimum atomic E-state index is -0.394. The summed E-state index contributed by atoms with van der Waals surface area (Å²) in [6.45, 7) is 7.54. The molecule has 4 aromatic rings. The quantitative estimate of drug-likeness (QED) is 0.464. The van der Waals surface area contributed by atoms with E-state index in [1.165, 1.54) is 6.20 Å². The number of aromatic nitrogens is 2. The van der Waals surface area contributed by atoms with Crippen LogP contribution in [0.15, 0.2) is 65.6 Å². The van der Waals surface area contributed by atoms with Crippen LogP contribution in [-0.2, 0) is 11.3 Å². The molecule has 0 unspecified atom stereocenters. The van der Waals surface area contributed by atoms with E-state index in [1.807, 2.05) is 58.0 Å². The summed E-state index contributed by atoms with van der Waals surface area (Å²) in [6.07, 6.45) is 1.45. The second kappa shape index (κ2) is 8.82. The van der Waals surface area contributed by atoms with Crippen molar-refractivity contribution in [2.24, 2.45) is 0 Å². The van der Waals surface area contributed by atoms with Crippen LogP contribution in [0.25, 0.3) is 11.0 Å². The van der Waals surface area contributed by atoms with Gasteiger partial charge in [0, 0.05) is 23.1 Å². The molecular formula is C27H25N3O3. The fourth-order valence-electron chi connectivity index (χ4n) is 3.72. The van der Waals surface area contributed by atoms with Crippen molar-refractivity contribution >= 4 is 28.4 Å². The third-order valence-corrected chi connectivity index (χ3v) is 5.60. The Labute approximate surface area is 191 Å². The van der Waals surface area contributed by atoms with E-state index in [9.17, 15) is 14.4 Å². The summed E-state index contributed by atoms with van der Waals surface area (Å²) in [5.41, 5.74) is 4.85. The van der Waals surface area contributed by atoms with E-state index in [-0.39, 0.29) is 23.8 Å². The van der Waals surface area contributed by atoms with Crippen LogP contribution in [0.3, 0.4) is 0 Å². The van der Waals surface area contributed by atoms with Gasteiger partial charge in [0.25, 0.3) is 0 Å². The van der Waals surface area contributed by atoms with Crippen LogP contribution in [0.1, 0.15) is 38.3 Å². The summed E-state index contributed by atoms with van der Waals surface area (Å²) < 4.78 is 1.58. The number of carbonyl (C=O) groups excluding carboxylic acids is 2. The average Bonchev–Trinajstić information content (AvgIpc) is 2.78. The summed E-state index contributed by atoms with van der Waals surface area (Å²) >= 11 is 0. The molecular weight excluding hydrogens is 414 g/mol. The lowest BCUT2D eigenvalue weighted by molar-refractivity contribution is -0.116. The van der Waals surface area contributed by atoms with Crippen molar-refractivity contribution in [3.63, 3.8) is 0 Å². The molecule has 6 heteroatoms. The Balaban J connectivity index is 1.77. The lowest BCUT2D eigenvalue weighted by Gasteiger charge is -2.14. The van der Waals surface area contributed by atoms with Crippen molar-refractivity contribution in [1.82, 2.24) is 9.55 Å². The Morgan fingerprint density at radius 2 is 1.61 bits per heavy atom. The van der Waals surface area contributed by atoms with Gasteiger partial charge in [0.1, 0.15) is 12.2 Å². The Hall–Kier alpha value is -4.06. The topological polar surface area (TPSA) is 81.1 Å². The number of aryl methyl sites for hydroxylation is 4. The zero-order valence-electron chi connectivity index (χ0n) is 19.1. The smallest absolute Gasteiger partial charge is 0.244 e. The minimum absolute atomic E-state index is 0.0107. The molecule has 1 N–H and O–H groups in total. The fraction of sp³-hybridized carbons (Fsp3) is 0.185. The van der Waals surface area contributed by atoms with Gasteiger partial charge in [0.2, 0.25) is 11.3 Å². The second-order valence-electron chi connectivity index (χ2n) is 8.39. The van der Waals surface area contributed by atoms with Gasteiger partial charge in [0.15, 0.2) is 5.78 Å². The van der Waals surface area contributed by atoms with Crippen LogP contribution in [0.5, 0.6) is 0 Å². The first-order valence-corrected chi connectivity index (χ1v) is 10.7. The number of anilines is 1. The molecule has 33 heavy (non-hydrogen) atoms. The highest BCUT2D eigenvalue weighted by atomic mass is 16.2. The number of nitrogens with zero attached hydrogens (tertiary/aromatic N) is 2. The molecule has 0 spiro atoms. The van der Waals surface area contributed by atoms with E-state index in [1.54, 1.807) is 28.8 Å². The van der Waals surface area contributed by atoms with Gasteiger partial charge >= 0.3 is 0 Å². The minimum Gasteiger partial charge on any atom is -0.324 e. The van der Waals surface area contributed by atoms with Crippen molar-refractivity contribution in [3.8, 4) is 0 Å². The average molecular weight is 440 g/mol. The predicted molar refractivity (Wildman–Crippen MR) is 130 cm³/mol. The van der Waals surface area contributed by atoms with Gasteiger partial charge in [-0.3, -0.25) is 14.4 Å². The van der Waals surface area contributed by atoms with E-state index >= 15 is 0 Å². The maximum Gasteiger partial charge on any atom is 0.244 e. The summed E-state index contributed by atoms with van der Waals surface area (Å²) in [6, 6.07) is 16.3. The highest BCUT2D eigenvalue weighted by molar-refractivity contribution is 6.10. The standard InChI is InChI=1S/C27H25N3O3/c1-16-6-10-20(11-7-16)25(32)22-14-30(27-21(26(22)33)12-9-19(4)28-27)15-24(31)29-23-13-17(2)5-8-18(23)3/h5-14H,15H2,1-4H3,(H,29,31). The molecule has 2 aromatic carbocycles. The normalized spacial score (nSPS) is 10.9. The summed E-state index contributed by atoms with van der Waals surface area (Å²) in [4.78, 5) is 43.7. The van der Waals surface area contributed by atoms with Gasteiger partial charge in [-0.25, -0.2) is 4.98 Å². The SMILES string of the molecule is Cc1ccc(C(=O)c2cn(CC(=O)Nc3cc(C)ccc3C)c3nc(C)ccc3c2=O)cc1. The zero-order chi connectivity index (χ0) is 23.7. The van der Waals surface area contributed by atoms with Gasteiger partial charge in [-0.05, 0) is 57.0 Å². The molecule has 0 radical (unpaired) electrons. The van der Waals surface area contributed by atoms with Crippen molar-refractivity contribution in [2.75, 3.05) is 5.32 Å². The highest BCUT2D eigenvalue weighted by Gasteiger charge is 2.19. The number of ketones is 1. The monoisotopic (exact) mass is 439 g/mol. The van der Waals surface area contributed by atoms with Crippen molar-refractivity contribution in [3.05, 3.63) is 105 Å². The van der Waals surface area contributed by atoms with E-state index in [0.717, 1.165) is 22.4 Å². The summed E-state index contributed by atoms with van der Waals surface area (Å²) in [7, 11) is 0. The number of rotatable bonds is 5. The summed E-state index contributed by atoms with van der Waals surface area (Å²) in [5, 5.41) is 3.23. The van der Waals surface area contributed by atoms with Crippen LogP contribution >= 0.6 is 0 Å². The lowest BCUT2D eigenvalue weighted by atomic mass is 10.0. The Morgan fingerprint density at radius 3 is 2.33 bits per heavy atom. The van der Waals surface area contributed by atoms with Crippen LogP contribution in [-0.4, -0.2) is 21.2 Å². The zero-order valence-corrected chi connectivity index (χ0v) is 19.1. The van der Waals surface area contributed by atoms with Crippen molar-refractivity contribution in [1.29, 1.82) is 0 Å². The molecule has 2 heterocycles. The van der Waals surface area contributed by atoms with Gasteiger partial charge < -0.3 is 9.88 Å². The van der Waals surface area contributed by atoms with Crippen molar-refractivity contribution in [2.45, 2.75) is 34.2 Å². The largest absolute Gasteiger partial charge is 0.324 e. The first-order chi connectivity index (χ1) is 15.7. The molecule has 0 aliphatic heterocycles. The van der Waals surface area contributed by atoms with E-state index < -0.39 is 5.43 Å². The van der Waals surface area contributed by atoms with Crippen molar-refractivity contribution < 1.29 is 9.59 Å². The van der Waals surface area contributed by atoms with Gasteiger partial charge in [-0.15, -0.1) is 0 Å². The molecule has 0 aliphatic carbocycles. The van der Waals surface area contributed by atoms with Gasteiger partial charge in [0.05, 0.1) is 10.9 Å². The third kappa shape index (κ3) is 4.60. The number of benzene rings is 2. The molecule has 0 bridgehead atoms. The first-order valence-electron chi connectivity index (χ1n) is 10.7. The van der Waals surface area contributed by atoms with Crippen LogP contribution < -0.4 is 10.7 Å². The van der Waals surface area contributed by atoms with Crippen LogP contribution in [0, 0.1) is 27.7 Å². The number of pyridine rings is 2. The van der Waals surface area contributed by atoms with Gasteiger partial charge in [-0.2, -0.15) is 0 Å². The molecule has 0 fully saturated rings. The van der Waals surface area contributed by atoms with E-state index in [0.29, 0.717) is 22.3 Å². The van der Waals surface area contributed by atoms with Crippen LogP contribution in [0.4, 0.5) is 5.69 Å². The third-order valence-electron chi connectivity index (χ3n) is 5.60. The Kier molecular flexibility index (Phi) is 5.92. The fourth-order valence-corrected chi connectivity index (χ4v) is 3.72. The molecule has 0 atom stereocenters. The first kappa shape index (κ1) is 22.1. The molecule has 166 valence electrons. The second-order valence-corrected chi connectivity index (χ2v) is 8.39. The maximum absolute atomic E-state index is 13.2. The number of nitrogens with one attached hydrogen (secondary N) is 1. The number of hydrogen-bond donors (Lipinski definition) is 1. The van der Waals surface area contributed by atoms with Crippen LogP contribution in [0.2, 0.25) is 0 Å². The van der Waals surface area contributed by atoms with Gasteiger partial charge in [-0.1, -0.05) is 42.0 Å². The Morgan fingerprint density at radius 1 is 0.909 bits per heavy atom.